The molecule has 6 nitrogen and oxygen atoms in total. The molecule has 14 heavy (non-hydrogen) atoms. The fraction of sp³-hybridized carbons (Fsp3) is 0.750. The van der Waals surface area contributed by atoms with E-state index < -0.39 is 6.16 Å². The van der Waals surface area contributed by atoms with Crippen LogP contribution < -0.4 is 0 Å². The van der Waals surface area contributed by atoms with Crippen molar-refractivity contribution in [2.45, 2.75) is 19.3 Å². The minimum absolute atomic E-state index is 0.118. The third-order valence-corrected chi connectivity index (χ3v) is 2.18. The van der Waals surface area contributed by atoms with Crippen molar-refractivity contribution in [2.75, 3.05) is 6.61 Å². The molecule has 6 heteroatoms. The van der Waals surface area contributed by atoms with Crippen molar-refractivity contribution >= 4 is 12.4 Å². The maximum absolute atomic E-state index is 10.4. The minimum Gasteiger partial charge on any atom is -0.450 e. The van der Waals surface area contributed by atoms with Gasteiger partial charge in [0.15, 0.2) is 0 Å². The topological polar surface area (TPSA) is 104 Å². The molecule has 3 N–H and O–H groups in total. The highest BCUT2D eigenvalue weighted by Crippen LogP contribution is 2.29. The summed E-state index contributed by atoms with van der Waals surface area (Å²) < 4.78 is 0. The highest BCUT2D eigenvalue weighted by atomic mass is 17.1. The number of aldehydes is 1. The third kappa shape index (κ3) is 5.50. The number of carbonyl (C=O) groups is 2. The fourth-order valence-electron chi connectivity index (χ4n) is 1.55. The van der Waals surface area contributed by atoms with Crippen LogP contribution in [0.15, 0.2) is 0 Å². The van der Waals surface area contributed by atoms with Gasteiger partial charge in [-0.2, -0.15) is 0 Å². The van der Waals surface area contributed by atoms with Crippen LogP contribution in [0.1, 0.15) is 19.3 Å². The first-order chi connectivity index (χ1) is 6.61. The Labute approximate surface area is 81.0 Å². The summed E-state index contributed by atoms with van der Waals surface area (Å²) in [5.41, 5.74) is 0. The Hall–Kier alpha value is -1.14. The molecular weight excluding hydrogens is 192 g/mol. The summed E-state index contributed by atoms with van der Waals surface area (Å²) in [6.45, 7) is 0.309. The van der Waals surface area contributed by atoms with E-state index in [-0.39, 0.29) is 11.8 Å². The Bertz CT molecular complexity index is 177. The molecule has 0 aromatic carbocycles. The normalized spacial score (nSPS) is 24.9. The molecule has 0 amide bonds. The first-order valence-corrected chi connectivity index (χ1v) is 4.25. The van der Waals surface area contributed by atoms with Crippen LogP contribution in [0.25, 0.3) is 0 Å². The molecule has 2 atom stereocenters. The lowest BCUT2D eigenvalue weighted by Crippen LogP contribution is -2.14. The van der Waals surface area contributed by atoms with E-state index in [2.05, 4.69) is 4.89 Å². The van der Waals surface area contributed by atoms with Crippen LogP contribution in [-0.4, -0.2) is 34.5 Å². The average molecular weight is 206 g/mol. The molecule has 0 saturated heterocycles. The maximum Gasteiger partial charge on any atom is 0.503 e. The van der Waals surface area contributed by atoms with Gasteiger partial charge < -0.3 is 15.0 Å². The molecule has 1 aliphatic rings. The Balaban J connectivity index is 0.000000364. The summed E-state index contributed by atoms with van der Waals surface area (Å²) in [5, 5.41) is 22.1. The van der Waals surface area contributed by atoms with Crippen LogP contribution >= 0.6 is 0 Å². The van der Waals surface area contributed by atoms with Crippen molar-refractivity contribution in [3.05, 3.63) is 0 Å². The second-order valence-electron chi connectivity index (χ2n) is 3.07. The largest absolute Gasteiger partial charge is 0.503 e. The SMILES string of the molecule is O=C(O)O.O=CC1CCCC1COO. The second-order valence-corrected chi connectivity index (χ2v) is 3.07. The molecule has 1 saturated carbocycles. The molecular formula is C8H14O6. The van der Waals surface area contributed by atoms with Crippen molar-refractivity contribution in [3.63, 3.8) is 0 Å². The molecule has 1 aliphatic carbocycles. The van der Waals surface area contributed by atoms with Crippen LogP contribution in [0.4, 0.5) is 4.79 Å². The monoisotopic (exact) mass is 206 g/mol. The molecule has 1 fully saturated rings. The van der Waals surface area contributed by atoms with Gasteiger partial charge in [0, 0.05) is 5.92 Å². The summed E-state index contributed by atoms with van der Waals surface area (Å²) >= 11 is 0. The number of carbonyl (C=O) groups excluding carboxylic acids is 1. The molecule has 0 bridgehead atoms. The maximum atomic E-state index is 10.4. The van der Waals surface area contributed by atoms with Crippen LogP contribution in [-0.2, 0) is 9.68 Å². The summed E-state index contributed by atoms with van der Waals surface area (Å²) in [5.74, 6) is 0.370. The van der Waals surface area contributed by atoms with E-state index in [1.54, 1.807) is 0 Å². The van der Waals surface area contributed by atoms with Crippen molar-refractivity contribution in [1.29, 1.82) is 0 Å². The van der Waals surface area contributed by atoms with E-state index >= 15 is 0 Å². The van der Waals surface area contributed by atoms with E-state index in [9.17, 15) is 4.79 Å². The van der Waals surface area contributed by atoms with Gasteiger partial charge in [-0.05, 0) is 18.8 Å². The Kier molecular flexibility index (Phi) is 6.69. The van der Waals surface area contributed by atoms with Crippen LogP contribution in [0.2, 0.25) is 0 Å². The molecule has 1 rings (SSSR count). The first kappa shape index (κ1) is 12.9. The zero-order valence-corrected chi connectivity index (χ0v) is 7.63. The Morgan fingerprint density at radius 1 is 1.43 bits per heavy atom. The van der Waals surface area contributed by atoms with E-state index in [1.807, 2.05) is 0 Å². The van der Waals surface area contributed by atoms with Crippen LogP contribution in [0, 0.1) is 11.8 Å². The Morgan fingerprint density at radius 3 is 2.43 bits per heavy atom. The zero-order valence-electron chi connectivity index (χ0n) is 7.63. The van der Waals surface area contributed by atoms with Gasteiger partial charge in [-0.25, -0.2) is 9.68 Å². The van der Waals surface area contributed by atoms with E-state index in [1.165, 1.54) is 0 Å². The molecule has 2 unspecified atom stereocenters. The van der Waals surface area contributed by atoms with Gasteiger partial charge >= 0.3 is 6.16 Å². The van der Waals surface area contributed by atoms with Crippen molar-refractivity contribution in [2.24, 2.45) is 11.8 Å². The van der Waals surface area contributed by atoms with Gasteiger partial charge in [-0.3, -0.25) is 5.26 Å². The van der Waals surface area contributed by atoms with Gasteiger partial charge in [0.25, 0.3) is 0 Å². The summed E-state index contributed by atoms with van der Waals surface area (Å²) in [6, 6.07) is 0. The van der Waals surface area contributed by atoms with E-state index in [0.29, 0.717) is 6.61 Å². The second kappa shape index (κ2) is 7.28. The highest BCUT2D eigenvalue weighted by Gasteiger charge is 2.26. The van der Waals surface area contributed by atoms with Gasteiger partial charge in [-0.1, -0.05) is 6.42 Å². The fourth-order valence-corrected chi connectivity index (χ4v) is 1.55. The highest BCUT2D eigenvalue weighted by molar-refractivity contribution is 5.54. The standard InChI is InChI=1S/C7H12O3.CH2O3/c8-4-6-2-1-3-7(6)5-10-9;2-1(3)4/h4,6-7,9H,1-3,5H2;(H2,2,3,4). The lowest BCUT2D eigenvalue weighted by Gasteiger charge is -2.10. The van der Waals surface area contributed by atoms with Crippen molar-refractivity contribution < 1.29 is 29.9 Å². The predicted molar refractivity (Wildman–Crippen MR) is 46.1 cm³/mol. The lowest BCUT2D eigenvalue weighted by atomic mass is 9.99. The number of hydrogen-bond acceptors (Lipinski definition) is 4. The quantitative estimate of drug-likeness (QED) is 0.365. The third-order valence-electron chi connectivity index (χ3n) is 2.18. The number of rotatable bonds is 3. The molecule has 0 aromatic heterocycles. The predicted octanol–water partition coefficient (Wildman–Crippen LogP) is 1.31. The molecule has 0 aromatic rings. The molecule has 0 radical (unpaired) electrons. The summed E-state index contributed by atoms with van der Waals surface area (Å²) in [4.78, 5) is 22.9. The summed E-state index contributed by atoms with van der Waals surface area (Å²) in [7, 11) is 0. The smallest absolute Gasteiger partial charge is 0.450 e. The lowest BCUT2D eigenvalue weighted by molar-refractivity contribution is -0.252. The summed E-state index contributed by atoms with van der Waals surface area (Å²) in [6.07, 6.45) is 2.18. The first-order valence-electron chi connectivity index (χ1n) is 4.25. The van der Waals surface area contributed by atoms with Gasteiger partial charge in [0.05, 0.1) is 6.61 Å². The molecule has 82 valence electrons. The van der Waals surface area contributed by atoms with Crippen LogP contribution in [0.5, 0.6) is 0 Å². The van der Waals surface area contributed by atoms with Crippen molar-refractivity contribution in [1.82, 2.24) is 0 Å². The van der Waals surface area contributed by atoms with E-state index in [4.69, 9.17) is 20.3 Å². The number of carboxylic acid groups (broad SMARTS) is 2. The Morgan fingerprint density at radius 2 is 2.00 bits per heavy atom. The van der Waals surface area contributed by atoms with Gasteiger partial charge in [0.1, 0.15) is 6.29 Å². The minimum atomic E-state index is -1.83. The van der Waals surface area contributed by atoms with Crippen molar-refractivity contribution in [3.8, 4) is 0 Å². The number of hydrogen-bond donors (Lipinski definition) is 3. The molecule has 0 heterocycles. The zero-order chi connectivity index (χ0) is 11.0. The average Bonchev–Trinajstić information content (AvgIpc) is 2.51. The molecule has 0 spiro atoms. The van der Waals surface area contributed by atoms with E-state index in [0.717, 1.165) is 25.5 Å². The van der Waals surface area contributed by atoms with Gasteiger partial charge in [0.2, 0.25) is 0 Å². The van der Waals surface area contributed by atoms with Gasteiger partial charge in [-0.15, -0.1) is 0 Å². The molecule has 0 aliphatic heterocycles. The van der Waals surface area contributed by atoms with Crippen LogP contribution in [0.3, 0.4) is 0 Å².